The number of unbranched alkanes of at least 4 members (excludes halogenated alkanes) is 2. The topological polar surface area (TPSA) is 17.1 Å². The Morgan fingerprint density at radius 2 is 2.00 bits per heavy atom. The summed E-state index contributed by atoms with van der Waals surface area (Å²) in [5.41, 5.74) is 0. The van der Waals surface area contributed by atoms with E-state index in [1.165, 1.54) is 0 Å². The van der Waals surface area contributed by atoms with E-state index in [1.807, 2.05) is 22.9 Å². The van der Waals surface area contributed by atoms with Gasteiger partial charge < -0.3 is 0 Å². The summed E-state index contributed by atoms with van der Waals surface area (Å²) in [7, 11) is 0. The fourth-order valence-electron chi connectivity index (χ4n) is 0.677. The smallest absolute Gasteiger partial charge is 0.292 e. The molecule has 0 heterocycles. The number of rotatable bonds is 5. The van der Waals surface area contributed by atoms with Crippen molar-refractivity contribution >= 4 is 21.7 Å². The van der Waals surface area contributed by atoms with Crippen molar-refractivity contribution in [3.63, 3.8) is 0 Å². The quantitative estimate of drug-likeness (QED) is 0.522. The Hall–Kier alpha value is 0.01000. The van der Waals surface area contributed by atoms with E-state index in [0.717, 1.165) is 12.8 Å². The summed E-state index contributed by atoms with van der Waals surface area (Å²) in [6, 6.07) is 0. The van der Waals surface area contributed by atoms with Crippen molar-refractivity contribution < 1.29 is 13.6 Å². The van der Waals surface area contributed by atoms with Gasteiger partial charge in [-0.3, -0.25) is 4.79 Å². The molecule has 0 radical (unpaired) electrons. The van der Waals surface area contributed by atoms with Crippen LogP contribution in [0, 0.1) is 0 Å². The first-order valence-electron chi connectivity index (χ1n) is 3.58. The Morgan fingerprint density at radius 3 is 2.36 bits per heavy atom. The minimum absolute atomic E-state index is 0.0356. The molecule has 0 aliphatic carbocycles. The molecule has 0 aliphatic rings. The molecule has 0 aromatic rings. The van der Waals surface area contributed by atoms with Crippen molar-refractivity contribution in [2.75, 3.05) is 0 Å². The average molecular weight is 229 g/mol. The van der Waals surface area contributed by atoms with Gasteiger partial charge in [0.05, 0.1) is 0 Å². The molecular weight excluding hydrogens is 218 g/mol. The zero-order valence-electron chi connectivity index (χ0n) is 6.37. The molecule has 0 aromatic heterocycles. The lowest BCUT2D eigenvalue weighted by Gasteiger charge is -2.05. The molecule has 0 rings (SSSR count). The first-order valence-corrected chi connectivity index (χ1v) is 4.37. The van der Waals surface area contributed by atoms with Crippen LogP contribution in [-0.4, -0.2) is 10.6 Å². The predicted octanol–water partition coefficient (Wildman–Crippen LogP) is 3.12. The number of carbonyl (C=O) groups is 1. The molecule has 11 heavy (non-hydrogen) atoms. The first-order chi connectivity index (χ1) is 4.98. The molecule has 1 nitrogen and oxygen atoms in total. The van der Waals surface area contributed by atoms with Crippen LogP contribution < -0.4 is 0 Å². The van der Waals surface area contributed by atoms with E-state index in [2.05, 4.69) is 0 Å². The van der Waals surface area contributed by atoms with Gasteiger partial charge in [-0.1, -0.05) is 19.8 Å². The first kappa shape index (κ1) is 11.0. The Bertz CT molecular complexity index is 131. The van der Waals surface area contributed by atoms with Gasteiger partial charge in [0, 0.05) is 6.42 Å². The summed E-state index contributed by atoms with van der Waals surface area (Å²) in [5.74, 6) is -1.02. The number of ketones is 1. The third kappa shape index (κ3) is 5.30. The number of carbonyl (C=O) groups excluding carboxylic acids is 1. The molecule has 0 saturated heterocycles. The molecule has 0 bridgehead atoms. The maximum absolute atomic E-state index is 12.1. The van der Waals surface area contributed by atoms with Gasteiger partial charge in [0.25, 0.3) is 0 Å². The number of hydrogen-bond donors (Lipinski definition) is 0. The zero-order valence-corrected chi connectivity index (χ0v) is 7.96. The van der Waals surface area contributed by atoms with Gasteiger partial charge in [0.1, 0.15) is 0 Å². The molecule has 0 saturated carbocycles. The van der Waals surface area contributed by atoms with Crippen LogP contribution in [0.5, 0.6) is 0 Å². The zero-order chi connectivity index (χ0) is 8.91. The normalized spacial score (nSPS) is 11.6. The van der Waals surface area contributed by atoms with Crippen LogP contribution in [0.4, 0.5) is 8.78 Å². The highest BCUT2D eigenvalue weighted by Crippen LogP contribution is 2.24. The fourth-order valence-corrected chi connectivity index (χ4v) is 0.876. The van der Waals surface area contributed by atoms with Gasteiger partial charge in [0.15, 0.2) is 0 Å². The summed E-state index contributed by atoms with van der Waals surface area (Å²) < 4.78 is 24.2. The van der Waals surface area contributed by atoms with Crippen molar-refractivity contribution in [3.05, 3.63) is 0 Å². The van der Waals surface area contributed by atoms with E-state index in [9.17, 15) is 13.6 Å². The van der Waals surface area contributed by atoms with Gasteiger partial charge >= 0.3 is 4.83 Å². The van der Waals surface area contributed by atoms with E-state index in [4.69, 9.17) is 0 Å². The summed E-state index contributed by atoms with van der Waals surface area (Å²) in [4.78, 5) is 7.22. The maximum atomic E-state index is 12.1. The minimum atomic E-state index is -3.32. The average Bonchev–Trinajstić information content (AvgIpc) is 1.86. The highest BCUT2D eigenvalue weighted by Gasteiger charge is 2.33. The lowest BCUT2D eigenvalue weighted by Crippen LogP contribution is -2.20. The van der Waals surface area contributed by atoms with Crippen LogP contribution in [0.15, 0.2) is 0 Å². The Kier molecular flexibility index (Phi) is 4.81. The highest BCUT2D eigenvalue weighted by atomic mass is 79.9. The van der Waals surface area contributed by atoms with Gasteiger partial charge in [-0.05, 0) is 22.4 Å². The molecule has 0 unspecified atom stereocenters. The molecule has 0 aromatic carbocycles. The fraction of sp³-hybridized carbons (Fsp3) is 0.857. The van der Waals surface area contributed by atoms with E-state index in [-0.39, 0.29) is 6.42 Å². The number of alkyl halides is 3. The monoisotopic (exact) mass is 228 g/mol. The molecule has 66 valence electrons. The lowest BCUT2D eigenvalue weighted by molar-refractivity contribution is -0.132. The third-order valence-electron chi connectivity index (χ3n) is 1.32. The van der Waals surface area contributed by atoms with Crippen LogP contribution in [0.2, 0.25) is 0 Å². The van der Waals surface area contributed by atoms with Gasteiger partial charge in [-0.2, -0.15) is 8.78 Å². The second-order valence-corrected chi connectivity index (χ2v) is 3.37. The Labute approximate surface area is 73.3 Å². The van der Waals surface area contributed by atoms with Crippen molar-refractivity contribution in [2.24, 2.45) is 0 Å². The van der Waals surface area contributed by atoms with Gasteiger partial charge in [0.2, 0.25) is 5.78 Å². The van der Waals surface area contributed by atoms with Gasteiger partial charge in [-0.15, -0.1) is 0 Å². The summed E-state index contributed by atoms with van der Waals surface area (Å²) in [6.07, 6.45) is 2.28. The molecular formula is C7H11BrF2O. The third-order valence-corrected chi connectivity index (χ3v) is 1.77. The van der Waals surface area contributed by atoms with Crippen LogP contribution in [0.25, 0.3) is 0 Å². The molecule has 0 atom stereocenters. The summed E-state index contributed by atoms with van der Waals surface area (Å²) in [5, 5.41) is 0. The van der Waals surface area contributed by atoms with Crippen LogP contribution in [0.1, 0.15) is 32.6 Å². The largest absolute Gasteiger partial charge is 0.358 e. The standard InChI is InChI=1S/C7H11BrF2O/c1-2-3-4-5-6(11)7(8,9)10/h2-5H2,1H3. The predicted molar refractivity (Wildman–Crippen MR) is 43.0 cm³/mol. The second kappa shape index (κ2) is 4.80. The van der Waals surface area contributed by atoms with Crippen LogP contribution >= 0.6 is 15.9 Å². The molecule has 0 spiro atoms. The number of hydrogen-bond acceptors (Lipinski definition) is 1. The summed E-state index contributed by atoms with van der Waals surface area (Å²) >= 11 is 2.01. The SMILES string of the molecule is CCCCCC(=O)C(F)(F)Br. The van der Waals surface area contributed by atoms with Crippen molar-refractivity contribution in [3.8, 4) is 0 Å². The second-order valence-electron chi connectivity index (χ2n) is 2.38. The van der Waals surface area contributed by atoms with E-state index >= 15 is 0 Å². The van der Waals surface area contributed by atoms with Crippen LogP contribution in [-0.2, 0) is 4.79 Å². The molecule has 0 amide bonds. The molecule has 0 aliphatic heterocycles. The van der Waals surface area contributed by atoms with E-state index in [0.29, 0.717) is 6.42 Å². The molecule has 0 N–H and O–H groups in total. The van der Waals surface area contributed by atoms with E-state index in [1.54, 1.807) is 0 Å². The Balaban J connectivity index is 3.54. The number of halogens is 3. The van der Waals surface area contributed by atoms with Crippen molar-refractivity contribution in [1.82, 2.24) is 0 Å². The Morgan fingerprint density at radius 1 is 1.45 bits per heavy atom. The maximum Gasteiger partial charge on any atom is 0.358 e. The molecule has 4 heteroatoms. The lowest BCUT2D eigenvalue weighted by atomic mass is 10.1. The highest BCUT2D eigenvalue weighted by molar-refractivity contribution is 9.10. The summed E-state index contributed by atoms with van der Waals surface area (Å²) in [6.45, 7) is 1.96. The van der Waals surface area contributed by atoms with Crippen LogP contribution in [0.3, 0.4) is 0 Å². The number of Topliss-reactive ketones (excluding diaryl/α,β-unsaturated/α-hetero) is 1. The van der Waals surface area contributed by atoms with Crippen molar-refractivity contribution in [1.29, 1.82) is 0 Å². The molecule has 0 fully saturated rings. The van der Waals surface area contributed by atoms with Gasteiger partial charge in [-0.25, -0.2) is 0 Å². The van der Waals surface area contributed by atoms with Crippen molar-refractivity contribution in [2.45, 2.75) is 37.4 Å². The minimum Gasteiger partial charge on any atom is -0.292 e. The van der Waals surface area contributed by atoms with E-state index < -0.39 is 10.6 Å².